The molecule has 12 nitrogen and oxygen atoms in total. The summed E-state index contributed by atoms with van der Waals surface area (Å²) in [6.07, 6.45) is 2.86. The Hall–Kier alpha value is -2.60. The largest absolute Gasteiger partial charge is 0.444 e. The predicted octanol–water partition coefficient (Wildman–Crippen LogP) is 3.94. The van der Waals surface area contributed by atoms with E-state index in [1.807, 2.05) is 0 Å². The van der Waals surface area contributed by atoms with Gasteiger partial charge >= 0.3 is 24.1 Å². The summed E-state index contributed by atoms with van der Waals surface area (Å²) >= 11 is 0. The van der Waals surface area contributed by atoms with Crippen molar-refractivity contribution in [3.63, 3.8) is 0 Å². The molecule has 2 aliphatic rings. The number of amides is 2. The highest BCUT2D eigenvalue weighted by molar-refractivity contribution is 6.29. The van der Waals surface area contributed by atoms with E-state index in [1.165, 1.54) is 0 Å². The van der Waals surface area contributed by atoms with Crippen molar-refractivity contribution in [2.45, 2.75) is 105 Å². The van der Waals surface area contributed by atoms with Gasteiger partial charge in [-0.3, -0.25) is 0 Å². The lowest BCUT2D eigenvalue weighted by Gasteiger charge is -2.36. The molecule has 2 rings (SSSR count). The van der Waals surface area contributed by atoms with E-state index in [-0.39, 0.29) is 23.9 Å². The Morgan fingerprint density at radius 3 is 1.20 bits per heavy atom. The van der Waals surface area contributed by atoms with Gasteiger partial charge in [-0.25, -0.2) is 19.2 Å². The van der Waals surface area contributed by atoms with Gasteiger partial charge in [0.25, 0.3) is 0 Å². The van der Waals surface area contributed by atoms with Crippen LogP contribution in [0.25, 0.3) is 0 Å². The second kappa shape index (κ2) is 13.8. The molecule has 12 heteroatoms. The highest BCUT2D eigenvalue weighted by atomic mass is 16.8. The van der Waals surface area contributed by atoms with Crippen LogP contribution in [0.3, 0.4) is 0 Å². The van der Waals surface area contributed by atoms with Gasteiger partial charge in [0.15, 0.2) is 0 Å². The van der Waals surface area contributed by atoms with E-state index in [4.69, 9.17) is 19.1 Å². The minimum absolute atomic E-state index is 0.0343. The van der Waals surface area contributed by atoms with Gasteiger partial charge in [0.2, 0.25) is 0 Å². The molecular weight excluding hydrogens is 520 g/mol. The van der Waals surface area contributed by atoms with Gasteiger partial charge in [-0.05, 0) is 117 Å². The number of hydrogen-bond donors (Lipinski definition) is 2. The van der Waals surface area contributed by atoms with Crippen molar-refractivity contribution in [2.75, 3.05) is 39.3 Å². The molecule has 2 fully saturated rings. The zero-order valence-electron chi connectivity index (χ0n) is 25.6. The number of nitrogens with zero attached hydrogens (tertiary/aromatic N) is 2. The van der Waals surface area contributed by atoms with Crippen molar-refractivity contribution < 1.29 is 38.3 Å². The number of ether oxygens (including phenoxy) is 2. The lowest BCUT2D eigenvalue weighted by Crippen LogP contribution is -2.45. The van der Waals surface area contributed by atoms with Crippen LogP contribution in [0.1, 0.15) is 93.9 Å². The number of rotatable bonds is 6. The fourth-order valence-electron chi connectivity index (χ4n) is 4.55. The molecule has 2 aliphatic heterocycles. The van der Waals surface area contributed by atoms with Crippen molar-refractivity contribution >= 4 is 24.1 Å². The Kier molecular flexibility index (Phi) is 11.6. The van der Waals surface area contributed by atoms with Gasteiger partial charge in [-0.1, -0.05) is 13.8 Å². The van der Waals surface area contributed by atoms with Crippen molar-refractivity contribution in [2.24, 2.45) is 10.8 Å². The fraction of sp³-hybridized carbons (Fsp3) is 0.857. The average molecular weight is 571 g/mol. The summed E-state index contributed by atoms with van der Waals surface area (Å²) in [5, 5.41) is 8.13. The maximum atomic E-state index is 12.9. The smallest absolute Gasteiger partial charge is 0.442 e. The van der Waals surface area contributed by atoms with Gasteiger partial charge in [-0.2, -0.15) is 0 Å². The van der Waals surface area contributed by atoms with Crippen LogP contribution in [-0.2, 0) is 28.7 Å². The normalized spacial score (nSPS) is 18.7. The SMILES string of the molecule is CC1(CCN(OC(=O)C(=O)ON(CCC2(C)CCNCC2)C(=O)OC(C)(C)C)C(=O)OC(C)(C)C)CCNCC1. The molecule has 2 N–H and O–H groups in total. The summed E-state index contributed by atoms with van der Waals surface area (Å²) in [6, 6.07) is 0. The summed E-state index contributed by atoms with van der Waals surface area (Å²) in [5.74, 6) is -2.88. The van der Waals surface area contributed by atoms with Gasteiger partial charge in [-0.15, -0.1) is 10.1 Å². The number of hydrogen-bond acceptors (Lipinski definition) is 10. The number of piperidine rings is 2. The predicted molar refractivity (Wildman–Crippen MR) is 148 cm³/mol. The Bertz CT molecular complexity index is 812. The van der Waals surface area contributed by atoms with E-state index in [0.717, 1.165) is 62.0 Å². The Morgan fingerprint density at radius 1 is 0.625 bits per heavy atom. The molecule has 0 radical (unpaired) electrons. The molecule has 0 aliphatic carbocycles. The van der Waals surface area contributed by atoms with E-state index in [9.17, 15) is 19.2 Å². The van der Waals surface area contributed by atoms with E-state index in [2.05, 4.69) is 24.5 Å². The van der Waals surface area contributed by atoms with Crippen LogP contribution in [0.4, 0.5) is 9.59 Å². The van der Waals surface area contributed by atoms with Crippen molar-refractivity contribution in [1.29, 1.82) is 0 Å². The maximum absolute atomic E-state index is 12.9. The van der Waals surface area contributed by atoms with Crippen molar-refractivity contribution in [1.82, 2.24) is 20.8 Å². The third kappa shape index (κ3) is 11.9. The Labute approximate surface area is 238 Å². The number of hydroxylamine groups is 4. The molecule has 0 aromatic rings. The average Bonchev–Trinajstić information content (AvgIpc) is 2.82. The van der Waals surface area contributed by atoms with Gasteiger partial charge in [0.05, 0.1) is 13.1 Å². The third-order valence-electron chi connectivity index (χ3n) is 7.21. The molecule has 2 amide bonds. The molecule has 230 valence electrons. The molecule has 40 heavy (non-hydrogen) atoms. The third-order valence-corrected chi connectivity index (χ3v) is 7.21. The van der Waals surface area contributed by atoms with Crippen LogP contribution in [0.5, 0.6) is 0 Å². The van der Waals surface area contributed by atoms with Crippen LogP contribution in [0, 0.1) is 10.8 Å². The molecule has 0 bridgehead atoms. The van der Waals surface area contributed by atoms with Gasteiger partial charge in [0, 0.05) is 0 Å². The highest BCUT2D eigenvalue weighted by Crippen LogP contribution is 2.33. The molecule has 0 unspecified atom stereocenters. The molecule has 2 heterocycles. The minimum Gasteiger partial charge on any atom is -0.442 e. The number of carbonyl (C=O) groups is 4. The van der Waals surface area contributed by atoms with E-state index in [0.29, 0.717) is 12.8 Å². The number of carbonyl (C=O) groups excluding carboxylic acids is 4. The lowest BCUT2D eigenvalue weighted by atomic mass is 9.78. The topological polar surface area (TPSA) is 136 Å². The van der Waals surface area contributed by atoms with E-state index < -0.39 is 35.3 Å². The van der Waals surface area contributed by atoms with Crippen LogP contribution < -0.4 is 10.6 Å². The van der Waals surface area contributed by atoms with Crippen LogP contribution in [-0.4, -0.2) is 84.7 Å². The first-order valence-electron chi connectivity index (χ1n) is 14.3. The first-order chi connectivity index (χ1) is 18.4. The second-order valence-electron chi connectivity index (χ2n) is 13.5. The highest BCUT2D eigenvalue weighted by Gasteiger charge is 2.36. The fourth-order valence-corrected chi connectivity index (χ4v) is 4.55. The van der Waals surface area contributed by atoms with Gasteiger partial charge < -0.3 is 29.8 Å². The minimum atomic E-state index is -1.44. The molecule has 0 saturated carbocycles. The van der Waals surface area contributed by atoms with Crippen molar-refractivity contribution in [3.8, 4) is 0 Å². The molecular formula is C28H50N4O8. The summed E-state index contributed by atoms with van der Waals surface area (Å²) < 4.78 is 10.8. The van der Waals surface area contributed by atoms with Crippen molar-refractivity contribution in [3.05, 3.63) is 0 Å². The zero-order chi connectivity index (χ0) is 30.2. The van der Waals surface area contributed by atoms with Crippen LogP contribution in [0.15, 0.2) is 0 Å². The first-order valence-corrected chi connectivity index (χ1v) is 14.3. The summed E-state index contributed by atoms with van der Waals surface area (Å²) in [5.41, 5.74) is -1.84. The Morgan fingerprint density at radius 2 is 0.925 bits per heavy atom. The zero-order valence-corrected chi connectivity index (χ0v) is 25.6. The van der Waals surface area contributed by atoms with E-state index in [1.54, 1.807) is 41.5 Å². The van der Waals surface area contributed by atoms with Crippen LogP contribution >= 0.6 is 0 Å². The molecule has 0 aromatic carbocycles. The molecule has 0 atom stereocenters. The summed E-state index contributed by atoms with van der Waals surface area (Å²) in [7, 11) is 0. The second-order valence-corrected chi connectivity index (χ2v) is 13.5. The molecule has 0 aromatic heterocycles. The first kappa shape index (κ1) is 33.6. The monoisotopic (exact) mass is 570 g/mol. The summed E-state index contributed by atoms with van der Waals surface area (Å²) in [6.45, 7) is 17.8. The lowest BCUT2D eigenvalue weighted by molar-refractivity contribution is -0.212. The van der Waals surface area contributed by atoms with Gasteiger partial charge in [0.1, 0.15) is 11.2 Å². The molecule has 0 spiro atoms. The van der Waals surface area contributed by atoms with Crippen LogP contribution in [0.2, 0.25) is 0 Å². The molecule has 2 saturated heterocycles. The maximum Gasteiger partial charge on any atom is 0.444 e. The number of nitrogens with one attached hydrogen (secondary N) is 2. The quantitative estimate of drug-likeness (QED) is 0.357. The summed E-state index contributed by atoms with van der Waals surface area (Å²) in [4.78, 5) is 61.8. The van der Waals surface area contributed by atoms with E-state index >= 15 is 0 Å². The standard InChI is InChI=1S/C28H50N4O8/c1-25(2,3)37-23(35)31(19-13-27(7)9-15-29-16-10-27)39-21(33)22(34)40-32(24(36)38-26(4,5)6)20-14-28(8)11-17-30-18-12-28/h29-30H,9-20H2,1-8H3. The Balaban J connectivity index is 2.11.